The molecular formula is C12H12N2O4. The molecule has 0 saturated heterocycles. The van der Waals surface area contributed by atoms with Crippen molar-refractivity contribution < 1.29 is 14.5 Å². The number of carbonyl (C=O) groups is 1. The van der Waals surface area contributed by atoms with Crippen LogP contribution < -0.4 is 0 Å². The third-order valence-corrected chi connectivity index (χ3v) is 2.34. The summed E-state index contributed by atoms with van der Waals surface area (Å²) in [6.45, 7) is 1.95. The highest BCUT2D eigenvalue weighted by atomic mass is 16.6. The van der Waals surface area contributed by atoms with E-state index in [1.807, 2.05) is 6.07 Å². The lowest BCUT2D eigenvalue weighted by atomic mass is 9.97. The molecule has 0 bridgehead atoms. The SMILES string of the molecule is CCOC(=O)C[C@H](C#N)c1ccc([N+](=O)[O-])cc1. The maximum atomic E-state index is 11.3. The summed E-state index contributed by atoms with van der Waals surface area (Å²) < 4.78 is 4.76. The monoisotopic (exact) mass is 248 g/mol. The highest BCUT2D eigenvalue weighted by Crippen LogP contribution is 2.22. The molecule has 1 aromatic rings. The predicted molar refractivity (Wildman–Crippen MR) is 62.7 cm³/mol. The molecule has 0 unspecified atom stereocenters. The highest BCUT2D eigenvalue weighted by molar-refractivity contribution is 5.71. The van der Waals surface area contributed by atoms with Crippen molar-refractivity contribution in [3.05, 3.63) is 39.9 Å². The minimum absolute atomic E-state index is 0.0495. The second kappa shape index (κ2) is 6.35. The zero-order chi connectivity index (χ0) is 13.5. The van der Waals surface area contributed by atoms with Crippen molar-refractivity contribution in [3.8, 4) is 6.07 Å². The molecule has 0 N–H and O–H groups in total. The van der Waals surface area contributed by atoms with E-state index in [1.54, 1.807) is 6.92 Å². The molecule has 1 aromatic carbocycles. The highest BCUT2D eigenvalue weighted by Gasteiger charge is 2.17. The van der Waals surface area contributed by atoms with E-state index in [1.165, 1.54) is 24.3 Å². The van der Waals surface area contributed by atoms with Gasteiger partial charge >= 0.3 is 5.97 Å². The summed E-state index contributed by atoms with van der Waals surface area (Å²) in [4.78, 5) is 21.2. The first kappa shape index (κ1) is 13.6. The number of hydrogen-bond acceptors (Lipinski definition) is 5. The molecule has 0 amide bonds. The fourth-order valence-corrected chi connectivity index (χ4v) is 1.45. The minimum atomic E-state index is -0.648. The van der Waals surface area contributed by atoms with Gasteiger partial charge in [-0.25, -0.2) is 0 Å². The number of benzene rings is 1. The standard InChI is InChI=1S/C12H12N2O4/c1-2-18-12(15)7-10(8-13)9-3-5-11(6-4-9)14(16)17/h3-6,10H,2,7H2,1H3/t10-/m1/s1. The fourth-order valence-electron chi connectivity index (χ4n) is 1.45. The van der Waals surface area contributed by atoms with Gasteiger partial charge in [-0.3, -0.25) is 14.9 Å². The van der Waals surface area contributed by atoms with Gasteiger partial charge in [0.15, 0.2) is 0 Å². The average Bonchev–Trinajstić information content (AvgIpc) is 2.36. The van der Waals surface area contributed by atoms with Gasteiger partial charge < -0.3 is 4.74 Å². The van der Waals surface area contributed by atoms with Crippen molar-refractivity contribution >= 4 is 11.7 Å². The van der Waals surface area contributed by atoms with Crippen molar-refractivity contribution in [2.24, 2.45) is 0 Å². The van der Waals surface area contributed by atoms with E-state index in [-0.39, 0.29) is 18.7 Å². The Bertz CT molecular complexity index is 476. The first-order valence-corrected chi connectivity index (χ1v) is 5.38. The molecule has 6 nitrogen and oxygen atoms in total. The number of rotatable bonds is 5. The maximum absolute atomic E-state index is 11.3. The Morgan fingerprint density at radius 2 is 2.11 bits per heavy atom. The number of nitriles is 1. The van der Waals surface area contributed by atoms with Crippen LogP contribution in [-0.4, -0.2) is 17.5 Å². The summed E-state index contributed by atoms with van der Waals surface area (Å²) in [7, 11) is 0. The predicted octanol–water partition coefficient (Wildman–Crippen LogP) is 2.16. The maximum Gasteiger partial charge on any atom is 0.307 e. The fraction of sp³-hybridized carbons (Fsp3) is 0.333. The van der Waals surface area contributed by atoms with Crippen LogP contribution in [0.15, 0.2) is 24.3 Å². The van der Waals surface area contributed by atoms with Gasteiger partial charge in [0.25, 0.3) is 5.69 Å². The third-order valence-electron chi connectivity index (χ3n) is 2.34. The molecule has 18 heavy (non-hydrogen) atoms. The summed E-state index contributed by atoms with van der Waals surface area (Å²) in [5.41, 5.74) is 0.516. The van der Waals surface area contributed by atoms with E-state index in [0.717, 1.165) is 0 Å². The number of non-ortho nitro benzene ring substituents is 1. The number of nitro groups is 1. The van der Waals surface area contributed by atoms with Crippen LogP contribution in [0.4, 0.5) is 5.69 Å². The van der Waals surface area contributed by atoms with Crippen molar-refractivity contribution in [3.63, 3.8) is 0 Å². The largest absolute Gasteiger partial charge is 0.466 e. The van der Waals surface area contributed by atoms with Gasteiger partial charge in [-0.05, 0) is 12.5 Å². The lowest BCUT2D eigenvalue weighted by Crippen LogP contribution is -2.09. The van der Waals surface area contributed by atoms with Crippen LogP contribution in [0, 0.1) is 21.4 Å². The average molecular weight is 248 g/mol. The molecule has 0 heterocycles. The number of ether oxygens (including phenoxy) is 1. The molecule has 0 spiro atoms. The molecule has 94 valence electrons. The van der Waals surface area contributed by atoms with E-state index in [0.29, 0.717) is 5.56 Å². The number of esters is 1. The van der Waals surface area contributed by atoms with Crippen LogP contribution in [0.1, 0.15) is 24.8 Å². The second-order valence-electron chi connectivity index (χ2n) is 3.54. The Kier molecular flexibility index (Phi) is 4.81. The van der Waals surface area contributed by atoms with Crippen LogP contribution in [0.2, 0.25) is 0 Å². The summed E-state index contributed by atoms with van der Waals surface area (Å²) >= 11 is 0. The Hall–Kier alpha value is -2.42. The third kappa shape index (κ3) is 3.56. The normalized spacial score (nSPS) is 11.3. The zero-order valence-corrected chi connectivity index (χ0v) is 9.83. The first-order chi connectivity index (χ1) is 8.58. The molecule has 0 fully saturated rings. The molecule has 0 aliphatic rings. The zero-order valence-electron chi connectivity index (χ0n) is 9.83. The summed E-state index contributed by atoms with van der Waals surface area (Å²) in [5.74, 6) is -1.10. The van der Waals surface area contributed by atoms with Crippen molar-refractivity contribution in [1.82, 2.24) is 0 Å². The van der Waals surface area contributed by atoms with E-state index in [2.05, 4.69) is 0 Å². The van der Waals surface area contributed by atoms with Crippen molar-refractivity contribution in [1.29, 1.82) is 5.26 Å². The van der Waals surface area contributed by atoms with Gasteiger partial charge in [0.1, 0.15) is 0 Å². The van der Waals surface area contributed by atoms with E-state index in [4.69, 9.17) is 10.00 Å². The Morgan fingerprint density at radius 1 is 1.50 bits per heavy atom. The van der Waals surface area contributed by atoms with Gasteiger partial charge in [0, 0.05) is 12.1 Å². The lowest BCUT2D eigenvalue weighted by Gasteiger charge is -2.08. The molecule has 6 heteroatoms. The quantitative estimate of drug-likeness (QED) is 0.452. The smallest absolute Gasteiger partial charge is 0.307 e. The van der Waals surface area contributed by atoms with Gasteiger partial charge in [-0.1, -0.05) is 12.1 Å². The van der Waals surface area contributed by atoms with Crippen molar-refractivity contribution in [2.75, 3.05) is 6.61 Å². The van der Waals surface area contributed by atoms with Gasteiger partial charge in [0.2, 0.25) is 0 Å². The van der Waals surface area contributed by atoms with Gasteiger partial charge in [-0.15, -0.1) is 0 Å². The molecule has 1 rings (SSSR count). The van der Waals surface area contributed by atoms with Crippen LogP contribution in [0.3, 0.4) is 0 Å². The number of nitro benzene ring substituents is 1. The summed E-state index contributed by atoms with van der Waals surface area (Å²) in [6.07, 6.45) is -0.0534. The Balaban J connectivity index is 2.80. The molecule has 0 radical (unpaired) electrons. The molecule has 0 aromatic heterocycles. The summed E-state index contributed by atoms with van der Waals surface area (Å²) in [5, 5.41) is 19.5. The topological polar surface area (TPSA) is 93.2 Å². The number of carbonyl (C=O) groups excluding carboxylic acids is 1. The summed E-state index contributed by atoms with van der Waals surface area (Å²) in [6, 6.07) is 7.56. The van der Waals surface area contributed by atoms with Crippen LogP contribution in [-0.2, 0) is 9.53 Å². The van der Waals surface area contributed by atoms with E-state index < -0.39 is 16.8 Å². The molecule has 0 saturated carbocycles. The lowest BCUT2D eigenvalue weighted by molar-refractivity contribution is -0.384. The first-order valence-electron chi connectivity index (χ1n) is 5.38. The molecule has 0 aliphatic carbocycles. The van der Waals surface area contributed by atoms with Gasteiger partial charge in [0.05, 0.1) is 29.9 Å². The van der Waals surface area contributed by atoms with Crippen LogP contribution in [0.25, 0.3) is 0 Å². The number of nitrogens with zero attached hydrogens (tertiary/aromatic N) is 2. The van der Waals surface area contributed by atoms with Gasteiger partial charge in [-0.2, -0.15) is 5.26 Å². The second-order valence-corrected chi connectivity index (χ2v) is 3.54. The molecule has 0 aliphatic heterocycles. The van der Waals surface area contributed by atoms with Crippen LogP contribution >= 0.6 is 0 Å². The molecular weight excluding hydrogens is 236 g/mol. The van der Waals surface area contributed by atoms with Crippen LogP contribution in [0.5, 0.6) is 0 Å². The Morgan fingerprint density at radius 3 is 2.56 bits per heavy atom. The van der Waals surface area contributed by atoms with E-state index in [9.17, 15) is 14.9 Å². The van der Waals surface area contributed by atoms with E-state index >= 15 is 0 Å². The number of hydrogen-bond donors (Lipinski definition) is 0. The Labute approximate surface area is 104 Å². The van der Waals surface area contributed by atoms with Crippen molar-refractivity contribution in [2.45, 2.75) is 19.3 Å². The minimum Gasteiger partial charge on any atom is -0.466 e. The molecule has 1 atom stereocenters.